The molecule has 0 amide bonds. The number of hydrogen-bond donors (Lipinski definition) is 0. The molecule has 0 bridgehead atoms. The van der Waals surface area contributed by atoms with Gasteiger partial charge in [0.1, 0.15) is 11.5 Å². The van der Waals surface area contributed by atoms with Crippen LogP contribution < -0.4 is 9.64 Å². The standard InChI is InChI=1S/C19H28N2O2/c1-16-4-2-11-20(16)12-3-15-23-19-7-5-17(6-8-19)21-13-9-18(22)10-14-21/h5-8,16H,2-4,9-15H2,1H3/t16-/m1/s1. The number of Topliss-reactive ketones (excluding diaryl/α,β-unsaturated/α-hetero) is 1. The first-order valence-electron chi connectivity index (χ1n) is 8.96. The molecule has 3 rings (SSSR count). The molecule has 0 saturated carbocycles. The summed E-state index contributed by atoms with van der Waals surface area (Å²) in [6.45, 7) is 7.16. The normalized spacial score (nSPS) is 22.6. The van der Waals surface area contributed by atoms with E-state index in [0.29, 0.717) is 18.6 Å². The third kappa shape index (κ3) is 4.47. The summed E-state index contributed by atoms with van der Waals surface area (Å²) in [5, 5.41) is 0. The van der Waals surface area contributed by atoms with Crippen molar-refractivity contribution in [2.24, 2.45) is 0 Å². The molecule has 2 fully saturated rings. The molecule has 2 saturated heterocycles. The molecule has 0 aliphatic carbocycles. The van der Waals surface area contributed by atoms with Gasteiger partial charge in [-0.15, -0.1) is 0 Å². The Morgan fingerprint density at radius 1 is 1.13 bits per heavy atom. The van der Waals surface area contributed by atoms with E-state index in [-0.39, 0.29) is 0 Å². The number of likely N-dealkylation sites (tertiary alicyclic amines) is 1. The Morgan fingerprint density at radius 2 is 1.87 bits per heavy atom. The lowest BCUT2D eigenvalue weighted by Crippen LogP contribution is -2.33. The smallest absolute Gasteiger partial charge is 0.136 e. The lowest BCUT2D eigenvalue weighted by molar-refractivity contribution is -0.119. The molecule has 2 heterocycles. The molecule has 2 aliphatic heterocycles. The predicted molar refractivity (Wildman–Crippen MR) is 93.3 cm³/mol. The number of rotatable bonds is 6. The van der Waals surface area contributed by atoms with E-state index in [0.717, 1.165) is 44.5 Å². The van der Waals surface area contributed by atoms with Crippen LogP contribution in [0.25, 0.3) is 0 Å². The summed E-state index contributed by atoms with van der Waals surface area (Å²) < 4.78 is 5.86. The van der Waals surface area contributed by atoms with Gasteiger partial charge in [-0.25, -0.2) is 0 Å². The van der Waals surface area contributed by atoms with Crippen molar-refractivity contribution >= 4 is 11.5 Å². The zero-order valence-electron chi connectivity index (χ0n) is 14.2. The van der Waals surface area contributed by atoms with Crippen molar-refractivity contribution in [3.8, 4) is 5.75 Å². The van der Waals surface area contributed by atoms with E-state index >= 15 is 0 Å². The highest BCUT2D eigenvalue weighted by Gasteiger charge is 2.19. The molecule has 1 aromatic rings. The predicted octanol–water partition coefficient (Wildman–Crippen LogP) is 3.11. The van der Waals surface area contributed by atoms with Crippen LogP contribution in [0, 0.1) is 0 Å². The first kappa shape index (κ1) is 16.3. The van der Waals surface area contributed by atoms with Crippen LogP contribution in [0.1, 0.15) is 39.0 Å². The average molecular weight is 316 g/mol. The first-order chi connectivity index (χ1) is 11.2. The van der Waals surface area contributed by atoms with Crippen molar-refractivity contribution in [3.63, 3.8) is 0 Å². The summed E-state index contributed by atoms with van der Waals surface area (Å²) in [6, 6.07) is 9.04. The van der Waals surface area contributed by atoms with Gasteiger partial charge in [-0.1, -0.05) is 0 Å². The van der Waals surface area contributed by atoms with Crippen molar-refractivity contribution in [1.29, 1.82) is 0 Å². The van der Waals surface area contributed by atoms with Gasteiger partial charge in [-0.05, 0) is 57.0 Å². The molecule has 126 valence electrons. The van der Waals surface area contributed by atoms with Crippen LogP contribution in [-0.2, 0) is 4.79 Å². The van der Waals surface area contributed by atoms with Gasteiger partial charge in [0.25, 0.3) is 0 Å². The summed E-state index contributed by atoms with van der Waals surface area (Å²) in [6.07, 6.45) is 5.11. The molecule has 2 aliphatic rings. The third-order valence-corrected chi connectivity index (χ3v) is 5.07. The van der Waals surface area contributed by atoms with Crippen molar-refractivity contribution in [2.75, 3.05) is 37.7 Å². The van der Waals surface area contributed by atoms with E-state index < -0.39 is 0 Å². The maximum absolute atomic E-state index is 11.3. The van der Waals surface area contributed by atoms with Gasteiger partial charge in [0.15, 0.2) is 0 Å². The number of benzene rings is 1. The van der Waals surface area contributed by atoms with Gasteiger partial charge in [-0.2, -0.15) is 0 Å². The van der Waals surface area contributed by atoms with Gasteiger partial charge in [-0.3, -0.25) is 4.79 Å². The van der Waals surface area contributed by atoms with Crippen LogP contribution in [0.4, 0.5) is 5.69 Å². The highest BCUT2D eigenvalue weighted by Crippen LogP contribution is 2.22. The Hall–Kier alpha value is -1.55. The summed E-state index contributed by atoms with van der Waals surface area (Å²) in [5.74, 6) is 1.32. The van der Waals surface area contributed by atoms with E-state index in [9.17, 15) is 4.79 Å². The van der Waals surface area contributed by atoms with Crippen molar-refractivity contribution in [2.45, 2.75) is 45.1 Å². The Kier molecular flexibility index (Phi) is 5.55. The van der Waals surface area contributed by atoms with Crippen LogP contribution in [-0.4, -0.2) is 49.5 Å². The fourth-order valence-electron chi connectivity index (χ4n) is 3.55. The van der Waals surface area contributed by atoms with E-state index in [1.807, 2.05) is 12.1 Å². The monoisotopic (exact) mass is 316 g/mol. The largest absolute Gasteiger partial charge is 0.494 e. The quantitative estimate of drug-likeness (QED) is 0.755. The van der Waals surface area contributed by atoms with E-state index in [1.54, 1.807) is 0 Å². The number of carbonyl (C=O) groups excluding carboxylic acids is 1. The topological polar surface area (TPSA) is 32.8 Å². The minimum Gasteiger partial charge on any atom is -0.494 e. The lowest BCUT2D eigenvalue weighted by atomic mass is 10.1. The molecule has 0 unspecified atom stereocenters. The maximum Gasteiger partial charge on any atom is 0.136 e. The molecule has 0 aromatic heterocycles. The number of piperidine rings is 1. The Labute approximate surface area is 139 Å². The molecular weight excluding hydrogens is 288 g/mol. The Bertz CT molecular complexity index is 505. The number of carbonyl (C=O) groups is 1. The summed E-state index contributed by atoms with van der Waals surface area (Å²) in [4.78, 5) is 16.1. The molecule has 23 heavy (non-hydrogen) atoms. The minimum atomic E-state index is 0.383. The number of hydrogen-bond acceptors (Lipinski definition) is 4. The second kappa shape index (κ2) is 7.82. The van der Waals surface area contributed by atoms with E-state index in [1.165, 1.54) is 25.1 Å². The number of ether oxygens (including phenoxy) is 1. The van der Waals surface area contributed by atoms with Crippen molar-refractivity contribution in [1.82, 2.24) is 4.90 Å². The maximum atomic E-state index is 11.3. The first-order valence-corrected chi connectivity index (χ1v) is 8.96. The van der Waals surface area contributed by atoms with Crippen LogP contribution >= 0.6 is 0 Å². The highest BCUT2D eigenvalue weighted by atomic mass is 16.5. The van der Waals surface area contributed by atoms with E-state index in [2.05, 4.69) is 28.9 Å². The fourth-order valence-corrected chi connectivity index (χ4v) is 3.55. The summed E-state index contributed by atoms with van der Waals surface area (Å²) in [5.41, 5.74) is 1.19. The van der Waals surface area contributed by atoms with Crippen LogP contribution in [0.15, 0.2) is 24.3 Å². The Balaban J connectivity index is 1.40. The second-order valence-electron chi connectivity index (χ2n) is 6.75. The summed E-state index contributed by atoms with van der Waals surface area (Å²) >= 11 is 0. The molecule has 0 spiro atoms. The SMILES string of the molecule is C[C@@H]1CCCN1CCCOc1ccc(N2CCC(=O)CC2)cc1. The third-order valence-electron chi connectivity index (χ3n) is 5.07. The van der Waals surface area contributed by atoms with Crippen LogP contribution in [0.2, 0.25) is 0 Å². The van der Waals surface area contributed by atoms with Gasteiger partial charge in [0.05, 0.1) is 6.61 Å². The fraction of sp³-hybridized carbons (Fsp3) is 0.632. The molecule has 4 heteroatoms. The van der Waals surface area contributed by atoms with Crippen LogP contribution in [0.3, 0.4) is 0 Å². The van der Waals surface area contributed by atoms with Gasteiger partial charge in [0.2, 0.25) is 0 Å². The minimum absolute atomic E-state index is 0.383. The van der Waals surface area contributed by atoms with E-state index in [4.69, 9.17) is 4.74 Å². The molecular formula is C19H28N2O2. The lowest BCUT2D eigenvalue weighted by Gasteiger charge is -2.28. The van der Waals surface area contributed by atoms with Gasteiger partial charge < -0.3 is 14.5 Å². The molecule has 4 nitrogen and oxygen atoms in total. The number of anilines is 1. The molecule has 1 atom stereocenters. The van der Waals surface area contributed by atoms with Crippen molar-refractivity contribution < 1.29 is 9.53 Å². The number of ketones is 1. The highest BCUT2D eigenvalue weighted by molar-refractivity contribution is 5.81. The number of nitrogens with zero attached hydrogens (tertiary/aromatic N) is 2. The average Bonchev–Trinajstić information content (AvgIpc) is 2.98. The Morgan fingerprint density at radius 3 is 2.52 bits per heavy atom. The van der Waals surface area contributed by atoms with Gasteiger partial charge in [0, 0.05) is 44.2 Å². The van der Waals surface area contributed by atoms with Crippen LogP contribution in [0.5, 0.6) is 5.75 Å². The van der Waals surface area contributed by atoms with Crippen molar-refractivity contribution in [3.05, 3.63) is 24.3 Å². The summed E-state index contributed by atoms with van der Waals surface area (Å²) in [7, 11) is 0. The van der Waals surface area contributed by atoms with Gasteiger partial charge >= 0.3 is 0 Å². The molecule has 0 radical (unpaired) electrons. The zero-order valence-corrected chi connectivity index (χ0v) is 14.2. The molecule has 1 aromatic carbocycles. The zero-order chi connectivity index (χ0) is 16.1. The molecule has 0 N–H and O–H groups in total. The second-order valence-corrected chi connectivity index (χ2v) is 6.75.